The summed E-state index contributed by atoms with van der Waals surface area (Å²) in [6.07, 6.45) is 4.46. The van der Waals surface area contributed by atoms with Crippen LogP contribution < -0.4 is 5.73 Å². The predicted octanol–water partition coefficient (Wildman–Crippen LogP) is 2.55. The Labute approximate surface area is 76.7 Å². The van der Waals surface area contributed by atoms with Gasteiger partial charge in [-0.25, -0.2) is 0 Å². The van der Waals surface area contributed by atoms with Gasteiger partial charge in [0.05, 0.1) is 0 Å². The van der Waals surface area contributed by atoms with Gasteiger partial charge in [-0.2, -0.15) is 0 Å². The van der Waals surface area contributed by atoms with Crippen molar-refractivity contribution in [1.29, 1.82) is 0 Å². The quantitative estimate of drug-likeness (QED) is 0.626. The average Bonchev–Trinajstić information content (AvgIpc) is 2.05. The van der Waals surface area contributed by atoms with Crippen molar-refractivity contribution in [2.45, 2.75) is 52.5 Å². The van der Waals surface area contributed by atoms with E-state index in [1.807, 2.05) is 6.92 Å². The molecule has 70 valence electrons. The highest BCUT2D eigenvalue weighted by molar-refractivity contribution is 4.95. The van der Waals surface area contributed by atoms with E-state index in [9.17, 15) is 0 Å². The highest BCUT2D eigenvalue weighted by atomic mass is 14.6. The Kier molecular flexibility index (Phi) is 6.90. The summed E-state index contributed by atoms with van der Waals surface area (Å²) < 4.78 is 0. The molecular formula is C11H21N. The molecule has 12 heavy (non-hydrogen) atoms. The van der Waals surface area contributed by atoms with Gasteiger partial charge in [-0.1, -0.05) is 20.3 Å². The summed E-state index contributed by atoms with van der Waals surface area (Å²) in [4.78, 5) is 0. The van der Waals surface area contributed by atoms with Gasteiger partial charge in [0.2, 0.25) is 0 Å². The smallest absolute Gasteiger partial charge is 0.0103 e. The van der Waals surface area contributed by atoms with Crippen molar-refractivity contribution in [3.63, 3.8) is 0 Å². The minimum Gasteiger partial charge on any atom is -0.327 e. The normalized spacial score (nSPS) is 14.7. The van der Waals surface area contributed by atoms with Gasteiger partial charge < -0.3 is 5.73 Å². The Balaban J connectivity index is 3.53. The van der Waals surface area contributed by atoms with Gasteiger partial charge in [-0.05, 0) is 25.7 Å². The van der Waals surface area contributed by atoms with Gasteiger partial charge in [0.1, 0.15) is 0 Å². The molecule has 1 nitrogen and oxygen atoms in total. The lowest BCUT2D eigenvalue weighted by Crippen LogP contribution is -2.27. The Morgan fingerprint density at radius 3 is 2.50 bits per heavy atom. The first kappa shape index (κ1) is 11.5. The predicted molar refractivity (Wildman–Crippen MR) is 54.7 cm³/mol. The second-order valence-corrected chi connectivity index (χ2v) is 3.40. The van der Waals surface area contributed by atoms with Gasteiger partial charge in [0, 0.05) is 12.5 Å². The fourth-order valence-corrected chi connectivity index (χ4v) is 1.32. The maximum absolute atomic E-state index is 5.98. The largest absolute Gasteiger partial charge is 0.327 e. The minimum absolute atomic E-state index is 0.339. The molecule has 2 atom stereocenters. The second kappa shape index (κ2) is 7.18. The van der Waals surface area contributed by atoms with Gasteiger partial charge in [-0.3, -0.25) is 0 Å². The zero-order valence-corrected chi connectivity index (χ0v) is 8.56. The van der Waals surface area contributed by atoms with Crippen LogP contribution in [0.4, 0.5) is 0 Å². The number of rotatable bonds is 5. The molecule has 0 aliphatic carbocycles. The van der Waals surface area contributed by atoms with Crippen LogP contribution in [-0.2, 0) is 0 Å². The average molecular weight is 167 g/mol. The standard InChI is InChI=1S/C11H21N/c1-4-6-7-9-11(12)10(3)8-5-2/h10-11H,5,7-9,12H2,1-3H3. The zero-order chi connectivity index (χ0) is 9.40. The summed E-state index contributed by atoms with van der Waals surface area (Å²) in [5.41, 5.74) is 5.98. The maximum Gasteiger partial charge on any atom is 0.0103 e. The van der Waals surface area contributed by atoms with Crippen LogP contribution in [0.2, 0.25) is 0 Å². The Morgan fingerprint density at radius 1 is 1.33 bits per heavy atom. The molecule has 0 aromatic carbocycles. The molecule has 0 rings (SSSR count). The summed E-state index contributed by atoms with van der Waals surface area (Å²) in [7, 11) is 0. The highest BCUT2D eigenvalue weighted by Gasteiger charge is 2.09. The molecule has 2 N–H and O–H groups in total. The monoisotopic (exact) mass is 167 g/mol. The minimum atomic E-state index is 0.339. The van der Waals surface area contributed by atoms with Gasteiger partial charge in [-0.15, -0.1) is 11.8 Å². The van der Waals surface area contributed by atoms with Gasteiger partial charge in [0.25, 0.3) is 0 Å². The van der Waals surface area contributed by atoms with E-state index in [0.29, 0.717) is 12.0 Å². The van der Waals surface area contributed by atoms with E-state index in [4.69, 9.17) is 5.73 Å². The number of hydrogen-bond acceptors (Lipinski definition) is 1. The van der Waals surface area contributed by atoms with Crippen LogP contribution in [-0.4, -0.2) is 6.04 Å². The molecule has 0 aliphatic heterocycles. The third kappa shape index (κ3) is 5.21. The lowest BCUT2D eigenvalue weighted by Gasteiger charge is -2.17. The van der Waals surface area contributed by atoms with Crippen molar-refractivity contribution in [3.8, 4) is 11.8 Å². The SMILES string of the molecule is CC#CCCC(N)C(C)CCC. The molecule has 1 heteroatoms. The Morgan fingerprint density at radius 2 is 2.00 bits per heavy atom. The first-order chi connectivity index (χ1) is 5.72. The van der Waals surface area contributed by atoms with Crippen molar-refractivity contribution in [1.82, 2.24) is 0 Å². The topological polar surface area (TPSA) is 26.0 Å². The molecule has 0 radical (unpaired) electrons. The molecule has 0 aliphatic rings. The molecule has 0 bridgehead atoms. The molecule has 0 saturated heterocycles. The van der Waals surface area contributed by atoms with Crippen LogP contribution in [0, 0.1) is 17.8 Å². The second-order valence-electron chi connectivity index (χ2n) is 3.40. The van der Waals surface area contributed by atoms with Gasteiger partial charge >= 0.3 is 0 Å². The van der Waals surface area contributed by atoms with Crippen molar-refractivity contribution in [2.75, 3.05) is 0 Å². The molecule has 0 saturated carbocycles. The zero-order valence-electron chi connectivity index (χ0n) is 8.56. The summed E-state index contributed by atoms with van der Waals surface area (Å²) in [5, 5.41) is 0. The molecule has 0 fully saturated rings. The molecule has 0 aromatic rings. The summed E-state index contributed by atoms with van der Waals surface area (Å²) in [6.45, 7) is 6.31. The van der Waals surface area contributed by atoms with Crippen molar-refractivity contribution in [2.24, 2.45) is 11.7 Å². The lowest BCUT2D eigenvalue weighted by atomic mass is 9.94. The van der Waals surface area contributed by atoms with Crippen LogP contribution in [0.15, 0.2) is 0 Å². The number of hydrogen-bond donors (Lipinski definition) is 1. The van der Waals surface area contributed by atoms with E-state index < -0.39 is 0 Å². The van der Waals surface area contributed by atoms with Crippen LogP contribution in [0.1, 0.15) is 46.5 Å². The van der Waals surface area contributed by atoms with Crippen molar-refractivity contribution >= 4 is 0 Å². The lowest BCUT2D eigenvalue weighted by molar-refractivity contribution is 0.406. The summed E-state index contributed by atoms with van der Waals surface area (Å²) in [6, 6.07) is 0.339. The Bertz CT molecular complexity index is 152. The van der Waals surface area contributed by atoms with Crippen molar-refractivity contribution < 1.29 is 0 Å². The van der Waals surface area contributed by atoms with Crippen LogP contribution in [0.3, 0.4) is 0 Å². The molecule has 0 amide bonds. The van der Waals surface area contributed by atoms with Crippen molar-refractivity contribution in [3.05, 3.63) is 0 Å². The van der Waals surface area contributed by atoms with E-state index >= 15 is 0 Å². The van der Waals surface area contributed by atoms with E-state index in [2.05, 4.69) is 25.7 Å². The first-order valence-corrected chi connectivity index (χ1v) is 4.87. The Hall–Kier alpha value is -0.480. The van der Waals surface area contributed by atoms with E-state index in [1.165, 1.54) is 12.8 Å². The molecule has 2 unspecified atom stereocenters. The summed E-state index contributed by atoms with van der Waals surface area (Å²) >= 11 is 0. The van der Waals surface area contributed by atoms with E-state index in [0.717, 1.165) is 12.8 Å². The van der Waals surface area contributed by atoms with Crippen LogP contribution in [0.25, 0.3) is 0 Å². The third-order valence-corrected chi connectivity index (χ3v) is 2.25. The first-order valence-electron chi connectivity index (χ1n) is 4.87. The molecular weight excluding hydrogens is 146 g/mol. The van der Waals surface area contributed by atoms with Crippen LogP contribution in [0.5, 0.6) is 0 Å². The maximum atomic E-state index is 5.98. The summed E-state index contributed by atoms with van der Waals surface area (Å²) in [5.74, 6) is 6.58. The van der Waals surface area contributed by atoms with Crippen LogP contribution >= 0.6 is 0 Å². The molecule has 0 heterocycles. The molecule has 0 aromatic heterocycles. The fraction of sp³-hybridized carbons (Fsp3) is 0.818. The number of nitrogens with two attached hydrogens (primary N) is 1. The fourth-order valence-electron chi connectivity index (χ4n) is 1.32. The third-order valence-electron chi connectivity index (χ3n) is 2.25. The molecule has 0 spiro atoms. The van der Waals surface area contributed by atoms with E-state index in [1.54, 1.807) is 0 Å². The van der Waals surface area contributed by atoms with Gasteiger partial charge in [0.15, 0.2) is 0 Å². The highest BCUT2D eigenvalue weighted by Crippen LogP contribution is 2.12. The van der Waals surface area contributed by atoms with E-state index in [-0.39, 0.29) is 0 Å².